The molecule has 0 N–H and O–H groups in total. The Kier molecular flexibility index (Phi) is 13.8. The number of fused-ring (bicyclic) bond motifs is 6. The summed E-state index contributed by atoms with van der Waals surface area (Å²) in [7, 11) is 0. The maximum Gasteiger partial charge on any atom is 0.338 e. The lowest BCUT2D eigenvalue weighted by atomic mass is 9.82. The van der Waals surface area contributed by atoms with Crippen molar-refractivity contribution in [2.45, 2.75) is 77.7 Å². The molecule has 0 aliphatic carbocycles. The largest absolute Gasteiger partial charge is 1.00 e. The molecule has 0 amide bonds. The van der Waals surface area contributed by atoms with Crippen LogP contribution in [-0.2, 0) is 32.2 Å². The predicted octanol–water partition coefficient (Wildman–Crippen LogP) is 0.257. The minimum atomic E-state index is -0.432. The van der Waals surface area contributed by atoms with Crippen molar-refractivity contribution in [2.75, 3.05) is 39.3 Å². The first-order chi connectivity index (χ1) is 25.2. The molecule has 290 valence electrons. The fraction of sp³-hybridized carbons (Fsp3) is 0.476. The first kappa shape index (κ1) is 41.6. The number of ether oxygens (including phenoxy) is 4. The van der Waals surface area contributed by atoms with Gasteiger partial charge in [-0.3, -0.25) is 9.59 Å². The third-order valence-electron chi connectivity index (χ3n) is 11.9. The van der Waals surface area contributed by atoms with Crippen LogP contribution in [0, 0.1) is 11.8 Å². The van der Waals surface area contributed by atoms with Crippen LogP contribution in [-0.4, -0.2) is 84.3 Å². The number of carbonyl (C=O) groups excluding carboxylic acids is 4. The molecule has 6 heterocycles. The van der Waals surface area contributed by atoms with Gasteiger partial charge >= 0.3 is 23.9 Å². The van der Waals surface area contributed by atoms with Crippen molar-refractivity contribution in [1.29, 1.82) is 0 Å². The van der Waals surface area contributed by atoms with Crippen molar-refractivity contribution >= 4 is 23.9 Å². The number of para-hydroxylation sites is 2. The van der Waals surface area contributed by atoms with E-state index in [0.29, 0.717) is 73.5 Å². The number of halogens is 2. The molecule has 4 bridgehead atoms. The standard InChI is InChI=1S/C42H50N2O8.2BrH/c1-3-39(45)49-35-14-7-5-10-33(35)25-43-20-16-29(17-21-43)37(27-43)51-41(47)31-12-9-13-32(24-31)42(48)52-38-28-44(22-18-30(38)19-23-44)26-34-11-6-8-15-36(34)50-40(46)4-2;;/h5-15,24,29-30,37-38H,3-4,16-23,25-28H2,1-2H3;2*1H/q+2;;/p-2. The Morgan fingerprint density at radius 2 is 0.963 bits per heavy atom. The molecule has 0 spiro atoms. The lowest BCUT2D eigenvalue weighted by molar-refractivity contribution is -0.958. The van der Waals surface area contributed by atoms with Crippen LogP contribution < -0.4 is 43.4 Å². The van der Waals surface area contributed by atoms with Crippen LogP contribution in [0.25, 0.3) is 0 Å². The molecule has 6 fully saturated rings. The molecule has 0 radical (unpaired) electrons. The molecule has 6 aliphatic rings. The van der Waals surface area contributed by atoms with Crippen molar-refractivity contribution < 1.29 is 81.1 Å². The van der Waals surface area contributed by atoms with Crippen LogP contribution in [0.3, 0.4) is 0 Å². The van der Waals surface area contributed by atoms with Crippen molar-refractivity contribution in [2.24, 2.45) is 11.8 Å². The summed E-state index contributed by atoms with van der Waals surface area (Å²) in [6.45, 7) is 10.3. The number of hydrogen-bond donors (Lipinski definition) is 0. The molecule has 10 nitrogen and oxygen atoms in total. The fourth-order valence-corrected chi connectivity index (χ4v) is 8.92. The maximum atomic E-state index is 13.6. The number of piperidine rings is 6. The van der Waals surface area contributed by atoms with Crippen molar-refractivity contribution in [3.63, 3.8) is 0 Å². The van der Waals surface area contributed by atoms with E-state index < -0.39 is 11.9 Å². The minimum absolute atomic E-state index is 0. The molecule has 12 heteroatoms. The zero-order valence-electron chi connectivity index (χ0n) is 31.1. The summed E-state index contributed by atoms with van der Waals surface area (Å²) in [5.41, 5.74) is 2.65. The second kappa shape index (κ2) is 17.9. The van der Waals surface area contributed by atoms with Gasteiger partial charge in [0, 0.05) is 61.5 Å². The molecule has 54 heavy (non-hydrogen) atoms. The second-order valence-electron chi connectivity index (χ2n) is 15.3. The van der Waals surface area contributed by atoms with Crippen molar-refractivity contribution in [1.82, 2.24) is 0 Å². The molecule has 6 saturated heterocycles. The van der Waals surface area contributed by atoms with Gasteiger partial charge in [-0.15, -0.1) is 0 Å². The highest BCUT2D eigenvalue weighted by Gasteiger charge is 2.49. The number of benzene rings is 3. The summed E-state index contributed by atoms with van der Waals surface area (Å²) in [5.74, 6) is 0.407. The highest BCUT2D eigenvalue weighted by Crippen LogP contribution is 2.40. The molecule has 3 aromatic carbocycles. The van der Waals surface area contributed by atoms with E-state index in [0.717, 1.165) is 72.0 Å². The van der Waals surface area contributed by atoms with Gasteiger partial charge in [-0.25, -0.2) is 9.59 Å². The lowest BCUT2D eigenvalue weighted by Gasteiger charge is -2.52. The highest BCUT2D eigenvalue weighted by molar-refractivity contribution is 5.95. The Balaban J connectivity index is 0.00000280. The van der Waals surface area contributed by atoms with E-state index in [4.69, 9.17) is 18.9 Å². The Morgan fingerprint density at radius 1 is 0.574 bits per heavy atom. The average Bonchev–Trinajstić information content (AvgIpc) is 3.17. The zero-order valence-corrected chi connectivity index (χ0v) is 34.2. The Morgan fingerprint density at radius 3 is 1.35 bits per heavy atom. The summed E-state index contributed by atoms with van der Waals surface area (Å²) >= 11 is 0. The van der Waals surface area contributed by atoms with Crippen molar-refractivity contribution in [3.05, 3.63) is 95.1 Å². The first-order valence-corrected chi connectivity index (χ1v) is 19.0. The molecule has 9 rings (SSSR count). The highest BCUT2D eigenvalue weighted by atomic mass is 79.9. The summed E-state index contributed by atoms with van der Waals surface area (Å²) in [5, 5.41) is 0. The molecule has 6 aliphatic heterocycles. The molecule has 2 atom stereocenters. The Bertz CT molecular complexity index is 1690. The number of hydrogen-bond acceptors (Lipinski definition) is 8. The average molecular weight is 871 g/mol. The van der Waals surface area contributed by atoms with Crippen molar-refractivity contribution in [3.8, 4) is 11.5 Å². The van der Waals surface area contributed by atoms with Gasteiger partial charge in [-0.1, -0.05) is 44.2 Å². The number of esters is 4. The SMILES string of the molecule is CCC(=O)Oc1ccccc1C[N+]12CCC(CC1)C(OC(=O)c1cccc(C(=O)OC3C[N+]4(Cc5ccccc5OC(=O)CC)CCC3CC4)c1)C2.[Br-].[Br-]. The van der Waals surface area contributed by atoms with Crippen LogP contribution in [0.5, 0.6) is 11.5 Å². The van der Waals surface area contributed by atoms with Crippen LogP contribution >= 0.6 is 0 Å². The summed E-state index contributed by atoms with van der Waals surface area (Å²) in [6, 6.07) is 22.1. The monoisotopic (exact) mass is 868 g/mol. The van der Waals surface area contributed by atoms with Gasteiger partial charge in [0.1, 0.15) is 37.7 Å². The predicted molar refractivity (Wildman–Crippen MR) is 192 cm³/mol. The zero-order chi connectivity index (χ0) is 36.3. The van der Waals surface area contributed by atoms with E-state index in [-0.39, 0.29) is 58.1 Å². The second-order valence-corrected chi connectivity index (χ2v) is 15.3. The van der Waals surface area contributed by atoms with E-state index >= 15 is 0 Å². The summed E-state index contributed by atoms with van der Waals surface area (Å²) < 4.78 is 25.2. The van der Waals surface area contributed by atoms with E-state index in [1.807, 2.05) is 48.5 Å². The molecule has 0 saturated carbocycles. The topological polar surface area (TPSA) is 105 Å². The van der Waals surface area contributed by atoms with E-state index in [9.17, 15) is 19.2 Å². The first-order valence-electron chi connectivity index (χ1n) is 19.0. The van der Waals surface area contributed by atoms with E-state index in [1.54, 1.807) is 38.1 Å². The van der Waals surface area contributed by atoms with E-state index in [2.05, 4.69) is 0 Å². The van der Waals surface area contributed by atoms with Gasteiger partial charge in [0.2, 0.25) is 0 Å². The van der Waals surface area contributed by atoms with Crippen LogP contribution in [0.2, 0.25) is 0 Å². The normalized spacial score (nSPS) is 26.4. The van der Waals surface area contributed by atoms with Gasteiger partial charge in [0.25, 0.3) is 0 Å². The number of rotatable bonds is 12. The summed E-state index contributed by atoms with van der Waals surface area (Å²) in [6.07, 6.45) is 3.97. The van der Waals surface area contributed by atoms with Gasteiger partial charge in [0.15, 0.2) is 12.2 Å². The summed E-state index contributed by atoms with van der Waals surface area (Å²) in [4.78, 5) is 51.3. The van der Waals surface area contributed by atoms with Gasteiger partial charge in [-0.05, 0) is 42.5 Å². The van der Waals surface area contributed by atoms with Crippen LogP contribution in [0.4, 0.5) is 0 Å². The minimum Gasteiger partial charge on any atom is -1.00 e. The molecular weight excluding hydrogens is 820 g/mol. The Labute approximate surface area is 338 Å². The van der Waals surface area contributed by atoms with Crippen LogP contribution in [0.15, 0.2) is 72.8 Å². The third kappa shape index (κ3) is 9.26. The quantitative estimate of drug-likeness (QED) is 0.145. The molecular formula is C42H50Br2N2O8. The van der Waals surface area contributed by atoms with Crippen LogP contribution in [0.1, 0.15) is 84.2 Å². The number of nitrogens with zero attached hydrogens (tertiary/aromatic N) is 2. The number of quaternary nitrogens is 2. The molecule has 3 aromatic rings. The maximum absolute atomic E-state index is 13.6. The lowest BCUT2D eigenvalue weighted by Crippen LogP contribution is -3.00. The molecule has 2 unspecified atom stereocenters. The third-order valence-corrected chi connectivity index (χ3v) is 11.9. The molecule has 0 aromatic heterocycles. The number of carbonyl (C=O) groups is 4. The van der Waals surface area contributed by atoms with Gasteiger partial charge < -0.3 is 61.9 Å². The fourth-order valence-electron chi connectivity index (χ4n) is 8.92. The van der Waals surface area contributed by atoms with E-state index in [1.165, 1.54) is 0 Å². The van der Waals surface area contributed by atoms with Gasteiger partial charge in [0.05, 0.1) is 37.3 Å². The Hall–Kier alpha value is -3.58. The smallest absolute Gasteiger partial charge is 0.338 e. The van der Waals surface area contributed by atoms with Gasteiger partial charge in [-0.2, -0.15) is 0 Å².